The number of carbonyl (C=O) groups excluding carboxylic acids is 2. The topological polar surface area (TPSA) is 49.4 Å². The van der Waals surface area contributed by atoms with E-state index in [9.17, 15) is 9.59 Å². The van der Waals surface area contributed by atoms with Crippen molar-refractivity contribution in [3.8, 4) is 12.3 Å². The predicted octanol–water partition coefficient (Wildman–Crippen LogP) is 1.02. The predicted molar refractivity (Wildman–Crippen MR) is 70.6 cm³/mol. The van der Waals surface area contributed by atoms with Gasteiger partial charge in [0.2, 0.25) is 11.8 Å². The van der Waals surface area contributed by atoms with Gasteiger partial charge in [-0.2, -0.15) is 0 Å². The van der Waals surface area contributed by atoms with E-state index >= 15 is 0 Å². The first-order valence-corrected chi connectivity index (χ1v) is 6.37. The van der Waals surface area contributed by atoms with Gasteiger partial charge in [-0.05, 0) is 12.8 Å². The Labute approximate surface area is 109 Å². The zero-order valence-electron chi connectivity index (χ0n) is 11.5. The molecule has 1 N–H and O–H groups in total. The van der Waals surface area contributed by atoms with E-state index in [1.165, 1.54) is 0 Å². The first-order chi connectivity index (χ1) is 8.36. The minimum atomic E-state index is -0.349. The minimum Gasteiger partial charge on any atom is -0.345 e. The maximum Gasteiger partial charge on any atom is 0.227 e. The Bertz CT molecular complexity index is 355. The van der Waals surface area contributed by atoms with Crippen LogP contribution < -0.4 is 5.32 Å². The van der Waals surface area contributed by atoms with Crippen molar-refractivity contribution < 1.29 is 9.59 Å². The van der Waals surface area contributed by atoms with Crippen molar-refractivity contribution in [2.75, 3.05) is 19.6 Å². The quantitative estimate of drug-likeness (QED) is 0.744. The van der Waals surface area contributed by atoms with Gasteiger partial charge in [0, 0.05) is 24.4 Å². The zero-order valence-corrected chi connectivity index (χ0v) is 11.5. The van der Waals surface area contributed by atoms with E-state index in [4.69, 9.17) is 6.42 Å². The molecule has 0 aliphatic carbocycles. The van der Waals surface area contributed by atoms with E-state index in [-0.39, 0.29) is 29.7 Å². The van der Waals surface area contributed by atoms with Gasteiger partial charge in [-0.25, -0.2) is 0 Å². The van der Waals surface area contributed by atoms with Crippen molar-refractivity contribution in [1.29, 1.82) is 0 Å². The lowest BCUT2D eigenvalue weighted by Crippen LogP contribution is -2.46. The molecule has 1 aliphatic heterocycles. The molecule has 100 valence electrons. The van der Waals surface area contributed by atoms with Gasteiger partial charge in [-0.1, -0.05) is 26.7 Å². The third-order valence-electron chi connectivity index (χ3n) is 3.16. The number of terminal acetylenes is 1. The summed E-state index contributed by atoms with van der Waals surface area (Å²) in [5, 5.41) is 2.70. The monoisotopic (exact) mass is 250 g/mol. The van der Waals surface area contributed by atoms with Crippen molar-refractivity contribution in [3.05, 3.63) is 0 Å². The van der Waals surface area contributed by atoms with Crippen LogP contribution in [0.1, 0.15) is 33.6 Å². The molecular formula is C14H22N2O2. The summed E-state index contributed by atoms with van der Waals surface area (Å²) in [6, 6.07) is 0. The summed E-state index contributed by atoms with van der Waals surface area (Å²) in [6.07, 6.45) is 6.54. The van der Waals surface area contributed by atoms with Crippen molar-refractivity contribution in [3.63, 3.8) is 0 Å². The van der Waals surface area contributed by atoms with E-state index in [0.717, 1.165) is 12.8 Å². The highest BCUT2D eigenvalue weighted by atomic mass is 16.2. The summed E-state index contributed by atoms with van der Waals surface area (Å²) in [5.41, 5.74) is -0.349. The van der Waals surface area contributed by atoms with Crippen LogP contribution in [0.4, 0.5) is 0 Å². The fourth-order valence-corrected chi connectivity index (χ4v) is 2.10. The van der Waals surface area contributed by atoms with E-state index in [0.29, 0.717) is 13.1 Å². The third-order valence-corrected chi connectivity index (χ3v) is 3.16. The Hall–Kier alpha value is -1.50. The standard InChI is InChI=1S/C14H22N2O2/c1-5-8-15-12(17)11-6-9-16(10-7-11)13(18)14(2,3)4/h1,11H,6-10H2,2-4H3,(H,15,17). The van der Waals surface area contributed by atoms with Crippen LogP contribution in [0.5, 0.6) is 0 Å². The van der Waals surface area contributed by atoms with Crippen molar-refractivity contribution >= 4 is 11.8 Å². The maximum atomic E-state index is 12.1. The molecule has 4 nitrogen and oxygen atoms in total. The van der Waals surface area contributed by atoms with Crippen LogP contribution >= 0.6 is 0 Å². The number of nitrogens with zero attached hydrogens (tertiary/aromatic N) is 1. The normalized spacial score (nSPS) is 17.1. The second-order valence-corrected chi connectivity index (χ2v) is 5.74. The van der Waals surface area contributed by atoms with Gasteiger partial charge in [-0.3, -0.25) is 9.59 Å². The Morgan fingerprint density at radius 2 is 1.89 bits per heavy atom. The molecule has 0 spiro atoms. The number of carbonyl (C=O) groups is 2. The number of piperidine rings is 1. The Morgan fingerprint density at radius 1 is 1.33 bits per heavy atom. The van der Waals surface area contributed by atoms with Gasteiger partial charge in [0.25, 0.3) is 0 Å². The molecule has 0 radical (unpaired) electrons. The third kappa shape index (κ3) is 3.76. The molecule has 0 aromatic rings. The first kappa shape index (κ1) is 14.6. The summed E-state index contributed by atoms with van der Waals surface area (Å²) in [4.78, 5) is 25.6. The lowest BCUT2D eigenvalue weighted by atomic mass is 9.91. The highest BCUT2D eigenvalue weighted by Gasteiger charge is 2.32. The Kier molecular flexibility index (Phi) is 4.77. The van der Waals surface area contributed by atoms with Gasteiger partial charge in [-0.15, -0.1) is 6.42 Å². The molecule has 1 saturated heterocycles. The number of rotatable bonds is 2. The number of amides is 2. The number of hydrogen-bond donors (Lipinski definition) is 1. The van der Waals surface area contributed by atoms with Crippen molar-refractivity contribution in [2.24, 2.45) is 11.3 Å². The fourth-order valence-electron chi connectivity index (χ4n) is 2.10. The molecule has 1 rings (SSSR count). The van der Waals surface area contributed by atoms with Crippen molar-refractivity contribution in [1.82, 2.24) is 10.2 Å². The lowest BCUT2D eigenvalue weighted by molar-refractivity contribution is -0.142. The number of hydrogen-bond acceptors (Lipinski definition) is 2. The van der Waals surface area contributed by atoms with Crippen LogP contribution in [0.2, 0.25) is 0 Å². The molecule has 4 heteroatoms. The molecule has 2 amide bonds. The summed E-state index contributed by atoms with van der Waals surface area (Å²) in [7, 11) is 0. The summed E-state index contributed by atoms with van der Waals surface area (Å²) in [5.74, 6) is 2.54. The zero-order chi connectivity index (χ0) is 13.8. The van der Waals surface area contributed by atoms with Gasteiger partial charge < -0.3 is 10.2 Å². The van der Waals surface area contributed by atoms with E-state index in [1.54, 1.807) is 0 Å². The molecule has 1 fully saturated rings. The highest BCUT2D eigenvalue weighted by molar-refractivity contribution is 5.82. The molecule has 0 unspecified atom stereocenters. The van der Waals surface area contributed by atoms with E-state index in [2.05, 4.69) is 11.2 Å². The van der Waals surface area contributed by atoms with Crippen molar-refractivity contribution in [2.45, 2.75) is 33.6 Å². The molecule has 0 saturated carbocycles. The molecule has 1 aliphatic rings. The van der Waals surface area contributed by atoms with Gasteiger partial charge in [0.15, 0.2) is 0 Å². The SMILES string of the molecule is C#CCNC(=O)C1CCN(C(=O)C(C)(C)C)CC1. The van der Waals surface area contributed by atoms with Crippen LogP contribution in [0.3, 0.4) is 0 Å². The lowest BCUT2D eigenvalue weighted by Gasteiger charge is -2.35. The smallest absolute Gasteiger partial charge is 0.227 e. The summed E-state index contributed by atoms with van der Waals surface area (Å²) < 4.78 is 0. The average molecular weight is 250 g/mol. The molecule has 1 heterocycles. The molecule has 0 aromatic heterocycles. The van der Waals surface area contributed by atoms with Gasteiger partial charge in [0.1, 0.15) is 0 Å². The fraction of sp³-hybridized carbons (Fsp3) is 0.714. The van der Waals surface area contributed by atoms with E-state index < -0.39 is 0 Å². The molecule has 18 heavy (non-hydrogen) atoms. The largest absolute Gasteiger partial charge is 0.345 e. The average Bonchev–Trinajstić information content (AvgIpc) is 2.34. The van der Waals surface area contributed by atoms with Crippen LogP contribution in [-0.4, -0.2) is 36.3 Å². The number of likely N-dealkylation sites (tertiary alicyclic amines) is 1. The Morgan fingerprint density at radius 3 is 2.33 bits per heavy atom. The van der Waals surface area contributed by atoms with Gasteiger partial charge in [0.05, 0.1) is 6.54 Å². The molecular weight excluding hydrogens is 228 g/mol. The molecule has 0 aromatic carbocycles. The second-order valence-electron chi connectivity index (χ2n) is 5.74. The van der Waals surface area contributed by atoms with Crippen LogP contribution in [0.15, 0.2) is 0 Å². The first-order valence-electron chi connectivity index (χ1n) is 6.37. The maximum absolute atomic E-state index is 12.1. The van der Waals surface area contributed by atoms with E-state index in [1.807, 2.05) is 25.7 Å². The Balaban J connectivity index is 2.44. The van der Waals surface area contributed by atoms with Gasteiger partial charge >= 0.3 is 0 Å². The van der Waals surface area contributed by atoms with Crippen LogP contribution in [-0.2, 0) is 9.59 Å². The van der Waals surface area contributed by atoms with Crippen LogP contribution in [0.25, 0.3) is 0 Å². The minimum absolute atomic E-state index is 0.0100. The molecule has 0 atom stereocenters. The summed E-state index contributed by atoms with van der Waals surface area (Å²) >= 11 is 0. The highest BCUT2D eigenvalue weighted by Crippen LogP contribution is 2.23. The van der Waals surface area contributed by atoms with Crippen LogP contribution in [0, 0.1) is 23.7 Å². The second kappa shape index (κ2) is 5.90. The molecule has 0 bridgehead atoms. The summed E-state index contributed by atoms with van der Waals surface area (Å²) in [6.45, 7) is 7.34. The number of nitrogens with one attached hydrogen (secondary N) is 1.